The molecule has 0 aliphatic carbocycles. The van der Waals surface area contributed by atoms with Crippen molar-refractivity contribution in [2.24, 2.45) is 5.41 Å². The molecule has 0 radical (unpaired) electrons. The molecule has 0 unspecified atom stereocenters. The fourth-order valence-electron chi connectivity index (χ4n) is 12.6. The maximum atomic E-state index is 17.1. The second-order valence-corrected chi connectivity index (χ2v) is 28.0. The third-order valence-corrected chi connectivity index (χ3v) is 19.3. The fraction of sp³-hybridized carbons (Fsp3) is 0.547. The van der Waals surface area contributed by atoms with Crippen LogP contribution in [0.3, 0.4) is 0 Å². The van der Waals surface area contributed by atoms with E-state index in [0.29, 0.717) is 142 Å². The van der Waals surface area contributed by atoms with Crippen LogP contribution in [-0.2, 0) is 61.8 Å². The van der Waals surface area contributed by atoms with Gasteiger partial charge >= 0.3 is 6.01 Å². The summed E-state index contributed by atoms with van der Waals surface area (Å²) in [5, 5.41) is 31.2. The van der Waals surface area contributed by atoms with E-state index in [1.165, 1.54) is 27.5 Å². The second kappa shape index (κ2) is 39.7. The Bertz CT molecular complexity index is 3680. The minimum Gasteiger partial charge on any atom is -0.508 e. The molecule has 556 valence electrons. The molecular formula is C75H100ClFN8O16S. The van der Waals surface area contributed by atoms with Crippen LogP contribution >= 0.6 is 22.9 Å². The smallest absolute Gasteiger partial charge is 0.319 e. The number of carbonyl (C=O) groups excluding carboxylic acids is 4. The van der Waals surface area contributed by atoms with E-state index in [0.717, 1.165) is 47.8 Å². The summed E-state index contributed by atoms with van der Waals surface area (Å²) in [5.74, 6) is -1.70. The average molecular weight is 1460 g/mol. The molecular weight excluding hydrogens is 1360 g/mol. The molecule has 3 aliphatic heterocycles. The number of benzene rings is 4. The number of phenolic OH excluding ortho intramolecular Hbond substituents is 1. The minimum absolute atomic E-state index is 0.0214. The zero-order valence-corrected chi connectivity index (χ0v) is 61.1. The SMILES string of the molecule is C=CC(=O)N1CCN(c2nc(O[C@H](C)CN3CCC(OCCOCCOCCOCCOCCOCCOCCOCCOCC(=O)N[C@H](C(=O)N4C[C@H](O)C[C@H]4C(=O)N[C@@H](C)c4ccc(-c5sccc5C)cc4)C(C)(C)C)CC3)nc3c(F)c(-c4cc(O)cc5ccccc45)c(Cl)cc23)CC1. The molecule has 102 heavy (non-hydrogen) atoms. The summed E-state index contributed by atoms with van der Waals surface area (Å²) in [7, 11) is 0. The summed E-state index contributed by atoms with van der Waals surface area (Å²) in [6.07, 6.45) is 1.94. The second-order valence-electron chi connectivity index (χ2n) is 26.7. The van der Waals surface area contributed by atoms with Crippen molar-refractivity contribution in [3.63, 3.8) is 0 Å². The van der Waals surface area contributed by atoms with Crippen molar-refractivity contribution >= 4 is 74.1 Å². The van der Waals surface area contributed by atoms with Gasteiger partial charge in [0.05, 0.1) is 129 Å². The number of nitrogens with one attached hydrogen (secondary N) is 2. The number of halogens is 2. The first-order valence-electron chi connectivity index (χ1n) is 35.2. The Morgan fingerprint density at radius 2 is 1.33 bits per heavy atom. The van der Waals surface area contributed by atoms with Gasteiger partial charge in [-0.15, -0.1) is 11.3 Å². The predicted octanol–water partition coefficient (Wildman–Crippen LogP) is 8.57. The molecule has 9 rings (SSSR count). The molecule has 0 spiro atoms. The van der Waals surface area contributed by atoms with Crippen molar-refractivity contribution < 1.29 is 81.2 Å². The van der Waals surface area contributed by atoms with E-state index in [1.54, 1.807) is 28.4 Å². The number of carbonyl (C=O) groups is 4. The van der Waals surface area contributed by atoms with Gasteiger partial charge in [0.2, 0.25) is 23.6 Å². The third kappa shape index (κ3) is 23.0. The van der Waals surface area contributed by atoms with Crippen LogP contribution in [0.1, 0.15) is 71.0 Å². The number of anilines is 1. The molecule has 6 aromatic rings. The van der Waals surface area contributed by atoms with Crippen molar-refractivity contribution in [1.82, 2.24) is 35.3 Å². The number of piperazine rings is 1. The Balaban J connectivity index is 0.546. The number of rotatable bonds is 40. The Hall–Kier alpha value is -7.02. The topological polar surface area (TPSA) is 264 Å². The van der Waals surface area contributed by atoms with Crippen LogP contribution in [0.15, 0.2) is 90.8 Å². The van der Waals surface area contributed by atoms with Crippen molar-refractivity contribution in [3.8, 4) is 33.3 Å². The number of amides is 4. The van der Waals surface area contributed by atoms with E-state index in [2.05, 4.69) is 45.5 Å². The zero-order valence-electron chi connectivity index (χ0n) is 59.5. The first kappa shape index (κ1) is 79.1. The van der Waals surface area contributed by atoms with E-state index in [-0.39, 0.29) is 90.7 Å². The molecule has 0 saturated carbocycles. The van der Waals surface area contributed by atoms with Crippen LogP contribution in [0.5, 0.6) is 11.8 Å². The van der Waals surface area contributed by atoms with E-state index in [4.69, 9.17) is 64.0 Å². The molecule has 5 heterocycles. The highest BCUT2D eigenvalue weighted by atomic mass is 35.5. The number of hydrogen-bond acceptors (Lipinski definition) is 21. The normalized spacial score (nSPS) is 17.1. The summed E-state index contributed by atoms with van der Waals surface area (Å²) in [6.45, 7) is 24.8. The van der Waals surface area contributed by atoms with Gasteiger partial charge in [-0.1, -0.05) is 87.5 Å². The number of hydrogen-bond donors (Lipinski definition) is 4. The molecule has 5 atom stereocenters. The zero-order chi connectivity index (χ0) is 72.5. The van der Waals surface area contributed by atoms with Gasteiger partial charge in [0.25, 0.3) is 0 Å². The van der Waals surface area contributed by atoms with Gasteiger partial charge in [0, 0.05) is 74.6 Å². The van der Waals surface area contributed by atoms with E-state index in [1.807, 2.05) is 88.0 Å². The lowest BCUT2D eigenvalue weighted by Gasteiger charge is -2.35. The number of fused-ring (bicyclic) bond motifs is 2. The molecule has 27 heteroatoms. The van der Waals surface area contributed by atoms with E-state index < -0.39 is 41.2 Å². The van der Waals surface area contributed by atoms with E-state index in [9.17, 15) is 29.4 Å². The lowest BCUT2D eigenvalue weighted by atomic mass is 9.85. The molecule has 4 amide bonds. The Labute approximate surface area is 605 Å². The average Bonchev–Trinajstić information content (AvgIpc) is 0.810. The maximum Gasteiger partial charge on any atom is 0.319 e. The minimum atomic E-state index is -0.978. The van der Waals surface area contributed by atoms with Gasteiger partial charge in [-0.25, -0.2) is 4.39 Å². The van der Waals surface area contributed by atoms with Crippen molar-refractivity contribution in [2.75, 3.05) is 170 Å². The van der Waals surface area contributed by atoms with Gasteiger partial charge in [0.1, 0.15) is 41.9 Å². The highest BCUT2D eigenvalue weighted by Gasteiger charge is 2.45. The summed E-state index contributed by atoms with van der Waals surface area (Å²) in [6, 6.07) is 20.1. The Kier molecular flexibility index (Phi) is 30.8. The third-order valence-electron chi connectivity index (χ3n) is 18.0. The highest BCUT2D eigenvalue weighted by molar-refractivity contribution is 7.13. The summed E-state index contributed by atoms with van der Waals surface area (Å²) < 4.78 is 74.5. The molecule has 4 N–H and O–H groups in total. The first-order valence-corrected chi connectivity index (χ1v) is 36.4. The van der Waals surface area contributed by atoms with Gasteiger partial charge < -0.3 is 82.9 Å². The Morgan fingerprint density at radius 3 is 1.91 bits per heavy atom. The van der Waals surface area contributed by atoms with Crippen molar-refractivity contribution in [1.29, 1.82) is 0 Å². The number of likely N-dealkylation sites (tertiary alicyclic amines) is 2. The summed E-state index contributed by atoms with van der Waals surface area (Å²) >= 11 is 8.61. The largest absolute Gasteiger partial charge is 0.508 e. The van der Waals surface area contributed by atoms with E-state index >= 15 is 4.39 Å². The predicted molar refractivity (Wildman–Crippen MR) is 389 cm³/mol. The molecule has 3 saturated heterocycles. The molecule has 4 aromatic carbocycles. The summed E-state index contributed by atoms with van der Waals surface area (Å²) in [5.41, 5.74) is 3.08. The number of β-amino-alcohol motifs (C(OH)–C–C–N with tert-alkyl or cyclic N) is 1. The van der Waals surface area contributed by atoms with Crippen LogP contribution in [0, 0.1) is 18.2 Å². The molecule has 0 bridgehead atoms. The number of aromatic hydroxyl groups is 1. The summed E-state index contributed by atoms with van der Waals surface area (Å²) in [4.78, 5) is 71.3. The lowest BCUT2D eigenvalue weighted by Crippen LogP contribution is -2.58. The lowest BCUT2D eigenvalue weighted by molar-refractivity contribution is -0.144. The highest BCUT2D eigenvalue weighted by Crippen LogP contribution is 2.43. The van der Waals surface area contributed by atoms with Crippen LogP contribution < -0.4 is 20.3 Å². The Morgan fingerprint density at radius 1 is 0.745 bits per heavy atom. The van der Waals surface area contributed by atoms with Crippen molar-refractivity contribution in [2.45, 2.75) is 97.2 Å². The fourth-order valence-corrected chi connectivity index (χ4v) is 13.8. The first-order chi connectivity index (χ1) is 49.3. The van der Waals surface area contributed by atoms with Crippen LogP contribution in [0.4, 0.5) is 10.2 Å². The van der Waals surface area contributed by atoms with Gasteiger partial charge in [-0.3, -0.25) is 24.1 Å². The van der Waals surface area contributed by atoms with Crippen LogP contribution in [-0.4, -0.2) is 254 Å². The van der Waals surface area contributed by atoms with Crippen LogP contribution in [0.2, 0.25) is 5.02 Å². The van der Waals surface area contributed by atoms with Crippen LogP contribution in [0.25, 0.3) is 43.2 Å². The number of aliphatic hydroxyl groups excluding tert-OH is 1. The van der Waals surface area contributed by atoms with Gasteiger partial charge in [0.15, 0.2) is 5.82 Å². The number of ether oxygens (including phenoxy) is 10. The molecule has 3 aliphatic rings. The molecule has 2 aromatic heterocycles. The molecule has 24 nitrogen and oxygen atoms in total. The number of piperidine rings is 1. The van der Waals surface area contributed by atoms with Crippen molar-refractivity contribution in [3.05, 3.63) is 113 Å². The standard InChI is InChI=1S/C75H100ClFN8O16S/c1-8-65(89)83-22-24-84(25-23-83)71-61-46-62(76)66(60-44-56(86)43-55-11-9-10-12-59(55)60)67(77)68(61)80-74(81-71)101-51(3)47-82-20-17-58(18-21-82)100-41-40-98-37-36-96-33-32-94-29-28-92-26-27-93-30-31-95-34-35-97-38-39-99-49-64(88)79-70(75(5,6)7)73(91)85-48-57(87)45-63(85)72(90)78-52(4)53-13-15-54(16-14-53)69-50(2)19-42-102-69/h8-16,19,42-44,46,51-52,57-58,63,70,86-87H,1,17-18,20-41,45,47-49H2,2-7H3,(H,78,90)(H,79,88)/t51-,52+,57-,63+,70-/m1/s1. The number of aromatic nitrogens is 2. The number of aliphatic hydroxyl groups is 1. The number of thiophene rings is 1. The monoisotopic (exact) mass is 1450 g/mol. The molecule has 3 fully saturated rings. The number of nitrogens with zero attached hydrogens (tertiary/aromatic N) is 6. The quantitative estimate of drug-likeness (QED) is 0.0207. The number of aryl methyl sites for hydroxylation is 1. The van der Waals surface area contributed by atoms with Gasteiger partial charge in [-0.05, 0) is 108 Å². The van der Waals surface area contributed by atoms with Gasteiger partial charge in [-0.2, -0.15) is 9.97 Å². The maximum absolute atomic E-state index is 17.1. The number of phenols is 1.